The first-order valence-corrected chi connectivity index (χ1v) is 7.49. The van der Waals surface area contributed by atoms with Crippen molar-refractivity contribution in [3.63, 3.8) is 0 Å². The van der Waals surface area contributed by atoms with Gasteiger partial charge < -0.3 is 10.2 Å². The van der Waals surface area contributed by atoms with Crippen LogP contribution in [0.15, 0.2) is 35.7 Å². The van der Waals surface area contributed by atoms with Gasteiger partial charge in [0.15, 0.2) is 0 Å². The maximum atomic E-state index is 12.0. The highest BCUT2D eigenvalue weighted by molar-refractivity contribution is 7.10. The molecule has 0 aliphatic heterocycles. The first-order valence-electron chi connectivity index (χ1n) is 6.61. The number of hydrogen-bond acceptors (Lipinski definition) is 3. The molecule has 2 rings (SSSR count). The van der Waals surface area contributed by atoms with Gasteiger partial charge in [-0.05, 0) is 49.1 Å². The minimum absolute atomic E-state index is 0.0219. The normalized spacial score (nSPS) is 12.0. The molecule has 0 spiro atoms. The molecule has 1 atom stereocenters. The molecule has 1 N–H and O–H groups in total. The second-order valence-electron chi connectivity index (χ2n) is 5.11. The Morgan fingerprint density at radius 1 is 1.30 bits per heavy atom. The maximum Gasteiger partial charge on any atom is 0.253 e. The van der Waals surface area contributed by atoms with E-state index in [0.717, 1.165) is 5.69 Å². The monoisotopic (exact) mass is 288 g/mol. The number of hydrogen-bond donors (Lipinski definition) is 1. The van der Waals surface area contributed by atoms with E-state index in [1.165, 1.54) is 10.4 Å². The number of amides is 1. The van der Waals surface area contributed by atoms with Crippen molar-refractivity contribution in [1.82, 2.24) is 4.90 Å². The first kappa shape index (κ1) is 14.6. The van der Waals surface area contributed by atoms with Crippen LogP contribution in [0.3, 0.4) is 0 Å². The summed E-state index contributed by atoms with van der Waals surface area (Å²) in [5.41, 5.74) is 2.98. The lowest BCUT2D eigenvalue weighted by molar-refractivity contribution is 0.0827. The number of carbonyl (C=O) groups excluding carboxylic acids is 1. The van der Waals surface area contributed by atoms with E-state index < -0.39 is 0 Å². The molecule has 2 aromatic rings. The zero-order valence-corrected chi connectivity index (χ0v) is 13.1. The van der Waals surface area contributed by atoms with Gasteiger partial charge in [-0.3, -0.25) is 4.79 Å². The fourth-order valence-electron chi connectivity index (χ4n) is 2.14. The zero-order valence-electron chi connectivity index (χ0n) is 12.3. The standard InChI is InChI=1S/C16H20N2OS/c1-11-8-9-20-15(11)12(2)17-14-7-5-6-13(10-14)16(19)18(3)4/h5-10,12,17H,1-4H3. The lowest BCUT2D eigenvalue weighted by atomic mass is 10.1. The van der Waals surface area contributed by atoms with Gasteiger partial charge in [-0.25, -0.2) is 0 Å². The van der Waals surface area contributed by atoms with Crippen molar-refractivity contribution in [3.05, 3.63) is 51.7 Å². The third-order valence-electron chi connectivity index (χ3n) is 3.19. The van der Waals surface area contributed by atoms with Crippen molar-refractivity contribution in [2.45, 2.75) is 19.9 Å². The molecule has 0 bridgehead atoms. The third-order valence-corrected chi connectivity index (χ3v) is 4.40. The van der Waals surface area contributed by atoms with E-state index in [2.05, 4.69) is 30.6 Å². The van der Waals surface area contributed by atoms with Crippen molar-refractivity contribution >= 4 is 22.9 Å². The van der Waals surface area contributed by atoms with Crippen LogP contribution in [-0.4, -0.2) is 24.9 Å². The molecule has 1 amide bonds. The van der Waals surface area contributed by atoms with Gasteiger partial charge in [-0.15, -0.1) is 11.3 Å². The second-order valence-corrected chi connectivity index (χ2v) is 6.06. The molecule has 0 fully saturated rings. The summed E-state index contributed by atoms with van der Waals surface area (Å²) >= 11 is 1.75. The van der Waals surface area contributed by atoms with Gasteiger partial charge >= 0.3 is 0 Å². The molecule has 0 saturated heterocycles. The molecule has 106 valence electrons. The number of anilines is 1. The van der Waals surface area contributed by atoms with Gasteiger partial charge in [-0.2, -0.15) is 0 Å². The number of benzene rings is 1. The van der Waals surface area contributed by atoms with Crippen molar-refractivity contribution < 1.29 is 4.79 Å². The summed E-state index contributed by atoms with van der Waals surface area (Å²) in [6, 6.07) is 10.0. The van der Waals surface area contributed by atoms with Crippen LogP contribution in [0, 0.1) is 6.92 Å². The molecule has 3 nitrogen and oxygen atoms in total. The van der Waals surface area contributed by atoms with Crippen LogP contribution in [0.2, 0.25) is 0 Å². The Labute approximate surface area is 124 Å². The summed E-state index contributed by atoms with van der Waals surface area (Å²) in [6.07, 6.45) is 0. The average Bonchev–Trinajstić information content (AvgIpc) is 2.84. The lowest BCUT2D eigenvalue weighted by Gasteiger charge is -2.16. The number of nitrogens with one attached hydrogen (secondary N) is 1. The van der Waals surface area contributed by atoms with Crippen LogP contribution in [-0.2, 0) is 0 Å². The second kappa shape index (κ2) is 6.09. The highest BCUT2D eigenvalue weighted by Crippen LogP contribution is 2.27. The van der Waals surface area contributed by atoms with E-state index >= 15 is 0 Å². The number of nitrogens with zero attached hydrogens (tertiary/aromatic N) is 1. The van der Waals surface area contributed by atoms with Gasteiger partial charge in [-0.1, -0.05) is 6.07 Å². The summed E-state index contributed by atoms with van der Waals surface area (Å²) in [4.78, 5) is 14.9. The minimum Gasteiger partial charge on any atom is -0.378 e. The molecule has 1 aromatic carbocycles. The Kier molecular flexibility index (Phi) is 4.45. The Balaban J connectivity index is 2.16. The number of aryl methyl sites for hydroxylation is 1. The summed E-state index contributed by atoms with van der Waals surface area (Å²) in [5.74, 6) is 0.0219. The van der Waals surface area contributed by atoms with Crippen molar-refractivity contribution in [1.29, 1.82) is 0 Å². The largest absolute Gasteiger partial charge is 0.378 e. The minimum atomic E-state index is 0.0219. The zero-order chi connectivity index (χ0) is 14.7. The van der Waals surface area contributed by atoms with E-state index in [-0.39, 0.29) is 11.9 Å². The predicted octanol–water partition coefficient (Wildman–Crippen LogP) is 3.93. The molecular weight excluding hydrogens is 268 g/mol. The summed E-state index contributed by atoms with van der Waals surface area (Å²) < 4.78 is 0. The smallest absolute Gasteiger partial charge is 0.253 e. The van der Waals surface area contributed by atoms with E-state index in [0.29, 0.717) is 5.56 Å². The molecule has 0 aliphatic rings. The van der Waals surface area contributed by atoms with Gasteiger partial charge in [0.2, 0.25) is 0 Å². The molecule has 20 heavy (non-hydrogen) atoms. The summed E-state index contributed by atoms with van der Waals surface area (Å²) in [5, 5.41) is 5.56. The molecular formula is C16H20N2OS. The average molecular weight is 288 g/mol. The molecule has 0 radical (unpaired) electrons. The van der Waals surface area contributed by atoms with Gasteiger partial charge in [0.05, 0.1) is 6.04 Å². The van der Waals surface area contributed by atoms with Crippen LogP contribution in [0.25, 0.3) is 0 Å². The quantitative estimate of drug-likeness (QED) is 0.924. The predicted molar refractivity (Wildman–Crippen MR) is 85.6 cm³/mol. The topological polar surface area (TPSA) is 32.3 Å². The van der Waals surface area contributed by atoms with Gasteiger partial charge in [0, 0.05) is 30.2 Å². The molecule has 1 heterocycles. The maximum absolute atomic E-state index is 12.0. The van der Waals surface area contributed by atoms with Crippen LogP contribution < -0.4 is 5.32 Å². The highest BCUT2D eigenvalue weighted by atomic mass is 32.1. The summed E-state index contributed by atoms with van der Waals surface area (Å²) in [7, 11) is 3.53. The van der Waals surface area contributed by atoms with Crippen LogP contribution in [0.1, 0.15) is 33.8 Å². The number of rotatable bonds is 4. The molecule has 0 aliphatic carbocycles. The molecule has 0 saturated carbocycles. The molecule has 4 heteroatoms. The summed E-state index contributed by atoms with van der Waals surface area (Å²) in [6.45, 7) is 4.26. The third kappa shape index (κ3) is 3.20. The molecule has 1 unspecified atom stereocenters. The van der Waals surface area contributed by atoms with Crippen molar-refractivity contribution in [2.75, 3.05) is 19.4 Å². The fourth-order valence-corrected chi connectivity index (χ4v) is 3.08. The van der Waals surface area contributed by atoms with E-state index in [9.17, 15) is 4.79 Å². The van der Waals surface area contributed by atoms with Crippen LogP contribution in [0.5, 0.6) is 0 Å². The van der Waals surface area contributed by atoms with E-state index in [1.807, 2.05) is 24.3 Å². The van der Waals surface area contributed by atoms with Crippen molar-refractivity contribution in [2.24, 2.45) is 0 Å². The van der Waals surface area contributed by atoms with Crippen LogP contribution >= 0.6 is 11.3 Å². The highest BCUT2D eigenvalue weighted by Gasteiger charge is 2.12. The number of thiophene rings is 1. The Bertz CT molecular complexity index is 604. The number of carbonyl (C=O) groups is 1. The fraction of sp³-hybridized carbons (Fsp3) is 0.312. The Morgan fingerprint density at radius 2 is 2.05 bits per heavy atom. The van der Waals surface area contributed by atoms with E-state index in [1.54, 1.807) is 30.3 Å². The van der Waals surface area contributed by atoms with Gasteiger partial charge in [0.25, 0.3) is 5.91 Å². The Hall–Kier alpha value is -1.81. The van der Waals surface area contributed by atoms with E-state index in [4.69, 9.17) is 0 Å². The van der Waals surface area contributed by atoms with Gasteiger partial charge in [0.1, 0.15) is 0 Å². The lowest BCUT2D eigenvalue weighted by Crippen LogP contribution is -2.21. The SMILES string of the molecule is Cc1ccsc1C(C)Nc1cccc(C(=O)N(C)C)c1. The van der Waals surface area contributed by atoms with Crippen molar-refractivity contribution in [3.8, 4) is 0 Å². The molecule has 1 aromatic heterocycles. The first-order chi connectivity index (χ1) is 9.49. The van der Waals surface area contributed by atoms with Crippen LogP contribution in [0.4, 0.5) is 5.69 Å². The Morgan fingerprint density at radius 3 is 2.65 bits per heavy atom.